The van der Waals surface area contributed by atoms with Crippen LogP contribution in [-0.2, 0) is 9.53 Å². The van der Waals surface area contributed by atoms with Gasteiger partial charge in [-0.05, 0) is 38.8 Å². The highest BCUT2D eigenvalue weighted by molar-refractivity contribution is 5.95. The van der Waals surface area contributed by atoms with Gasteiger partial charge in [-0.15, -0.1) is 0 Å². The van der Waals surface area contributed by atoms with E-state index in [9.17, 15) is 9.59 Å². The van der Waals surface area contributed by atoms with E-state index < -0.39 is 0 Å². The minimum Gasteiger partial charge on any atom is -0.369 e. The normalized spacial score (nSPS) is 31.2. The van der Waals surface area contributed by atoms with Crippen molar-refractivity contribution in [3.05, 3.63) is 29.1 Å². The van der Waals surface area contributed by atoms with Gasteiger partial charge in [-0.1, -0.05) is 20.8 Å². The van der Waals surface area contributed by atoms with Crippen LogP contribution in [-0.4, -0.2) is 53.0 Å². The van der Waals surface area contributed by atoms with Crippen LogP contribution >= 0.6 is 0 Å². The molecule has 3 aliphatic heterocycles. The summed E-state index contributed by atoms with van der Waals surface area (Å²) < 4.78 is 6.41. The molecule has 28 heavy (non-hydrogen) atoms. The molecule has 3 aliphatic rings. The van der Waals surface area contributed by atoms with Crippen molar-refractivity contribution in [1.82, 2.24) is 15.2 Å². The highest BCUT2D eigenvalue weighted by atomic mass is 16.5. The maximum Gasteiger partial charge on any atom is 0.253 e. The van der Waals surface area contributed by atoms with Gasteiger partial charge in [-0.25, -0.2) is 0 Å². The molecule has 1 spiro atoms. The summed E-state index contributed by atoms with van der Waals surface area (Å²) in [4.78, 5) is 31.8. The fraction of sp³-hybridized carbons (Fsp3) is 0.682. The van der Waals surface area contributed by atoms with E-state index in [0.717, 1.165) is 30.8 Å². The molecule has 4 rings (SSSR count). The Bertz CT molecular complexity index is 816. The van der Waals surface area contributed by atoms with Crippen LogP contribution in [0.4, 0.5) is 0 Å². The number of carbonyl (C=O) groups excluding carboxylic acids is 2. The lowest BCUT2D eigenvalue weighted by atomic mass is 9.73. The first-order valence-electron chi connectivity index (χ1n) is 10.3. The Labute approximate surface area is 167 Å². The van der Waals surface area contributed by atoms with Crippen LogP contribution in [0.3, 0.4) is 0 Å². The molecule has 1 N–H and O–H groups in total. The molecule has 152 valence electrons. The number of ether oxygens (including phenoxy) is 1. The first kappa shape index (κ1) is 19.4. The smallest absolute Gasteiger partial charge is 0.253 e. The van der Waals surface area contributed by atoms with E-state index in [4.69, 9.17) is 4.74 Å². The Morgan fingerprint density at radius 2 is 2.07 bits per heavy atom. The van der Waals surface area contributed by atoms with Crippen molar-refractivity contribution in [2.75, 3.05) is 19.6 Å². The second-order valence-corrected chi connectivity index (χ2v) is 9.76. The predicted octanol–water partition coefficient (Wildman–Crippen LogP) is 2.48. The van der Waals surface area contributed by atoms with Gasteiger partial charge in [-0.2, -0.15) is 0 Å². The number of nitrogens with one attached hydrogen (secondary N) is 1. The minimum absolute atomic E-state index is 0.0811. The van der Waals surface area contributed by atoms with Crippen LogP contribution in [0.5, 0.6) is 0 Å². The first-order valence-corrected chi connectivity index (χ1v) is 10.3. The van der Waals surface area contributed by atoms with Crippen molar-refractivity contribution in [2.24, 2.45) is 17.3 Å². The third-order valence-corrected chi connectivity index (χ3v) is 6.68. The summed E-state index contributed by atoms with van der Waals surface area (Å²) in [6, 6.07) is 3.70. The van der Waals surface area contributed by atoms with Gasteiger partial charge in [0.15, 0.2) is 0 Å². The van der Waals surface area contributed by atoms with Crippen molar-refractivity contribution in [3.8, 4) is 0 Å². The van der Waals surface area contributed by atoms with Crippen molar-refractivity contribution in [3.63, 3.8) is 0 Å². The second kappa shape index (κ2) is 6.55. The first-order chi connectivity index (χ1) is 13.1. The zero-order valence-electron chi connectivity index (χ0n) is 17.5. The van der Waals surface area contributed by atoms with E-state index in [-0.39, 0.29) is 34.9 Å². The number of hydrogen-bond acceptors (Lipinski definition) is 4. The van der Waals surface area contributed by atoms with Gasteiger partial charge in [0.1, 0.15) is 0 Å². The summed E-state index contributed by atoms with van der Waals surface area (Å²) in [5, 5.41) is 3.11. The molecular weight excluding hydrogens is 354 g/mol. The Kier molecular flexibility index (Phi) is 4.53. The topological polar surface area (TPSA) is 71.5 Å². The number of amides is 2. The fourth-order valence-electron chi connectivity index (χ4n) is 5.32. The number of aryl methyl sites for hydroxylation is 2. The molecule has 3 saturated heterocycles. The molecule has 0 saturated carbocycles. The van der Waals surface area contributed by atoms with E-state index >= 15 is 0 Å². The minimum atomic E-state index is -0.382. The standard InChI is InChI=1S/C22H31N3O3/c1-13-6-7-15(14(2)24-13)19(26)23-10-16-17-11-25(20(27)21(3,4)5)12-22(17)9-8-18(16)28-22/h6-7,16-18H,8-12H2,1-5H3,(H,23,26)/t16-,17+,18+,22+/m0/s1. The molecule has 3 fully saturated rings. The molecular formula is C22H31N3O3. The number of rotatable bonds is 3. The van der Waals surface area contributed by atoms with Gasteiger partial charge in [0.2, 0.25) is 5.91 Å². The van der Waals surface area contributed by atoms with E-state index in [1.165, 1.54) is 0 Å². The fourth-order valence-corrected chi connectivity index (χ4v) is 5.32. The van der Waals surface area contributed by atoms with E-state index in [0.29, 0.717) is 24.6 Å². The summed E-state index contributed by atoms with van der Waals surface area (Å²) >= 11 is 0. The number of pyridine rings is 1. The number of likely N-dealkylation sites (tertiary alicyclic amines) is 1. The molecule has 1 aromatic heterocycles. The van der Waals surface area contributed by atoms with Crippen molar-refractivity contribution < 1.29 is 14.3 Å². The van der Waals surface area contributed by atoms with E-state index in [1.54, 1.807) is 0 Å². The van der Waals surface area contributed by atoms with Gasteiger partial charge >= 0.3 is 0 Å². The third kappa shape index (κ3) is 3.11. The summed E-state index contributed by atoms with van der Waals surface area (Å²) in [5.41, 5.74) is 1.70. The Balaban J connectivity index is 1.45. The number of aromatic nitrogens is 1. The van der Waals surface area contributed by atoms with E-state index in [2.05, 4.69) is 10.3 Å². The number of fused-ring (bicyclic) bond motifs is 1. The van der Waals surface area contributed by atoms with Crippen molar-refractivity contribution in [2.45, 2.75) is 59.2 Å². The molecule has 4 heterocycles. The predicted molar refractivity (Wildman–Crippen MR) is 106 cm³/mol. The van der Waals surface area contributed by atoms with Crippen LogP contribution in [0.15, 0.2) is 12.1 Å². The average molecular weight is 386 g/mol. The molecule has 1 aromatic rings. The summed E-state index contributed by atoms with van der Waals surface area (Å²) in [6.45, 7) is 11.7. The van der Waals surface area contributed by atoms with Gasteiger partial charge in [0.25, 0.3) is 5.91 Å². The number of nitrogens with zero attached hydrogens (tertiary/aromatic N) is 2. The Morgan fingerprint density at radius 1 is 1.32 bits per heavy atom. The van der Waals surface area contributed by atoms with Crippen LogP contribution in [0.1, 0.15) is 55.4 Å². The highest BCUT2D eigenvalue weighted by Gasteiger charge is 2.63. The average Bonchev–Trinajstić information content (AvgIpc) is 3.26. The van der Waals surface area contributed by atoms with Gasteiger partial charge in [-0.3, -0.25) is 14.6 Å². The van der Waals surface area contributed by atoms with Gasteiger partial charge in [0.05, 0.1) is 29.5 Å². The quantitative estimate of drug-likeness (QED) is 0.868. The maximum atomic E-state index is 12.8. The molecule has 2 amide bonds. The zero-order valence-corrected chi connectivity index (χ0v) is 17.5. The SMILES string of the molecule is Cc1ccc(C(=O)NC[C@H]2[C@H]3CN(C(=O)C(C)(C)C)C[C@]34CC[C@H]2O4)c(C)n1. The second-order valence-electron chi connectivity index (χ2n) is 9.76. The molecule has 0 radical (unpaired) electrons. The van der Waals surface area contributed by atoms with Crippen LogP contribution in [0, 0.1) is 31.1 Å². The Morgan fingerprint density at radius 3 is 2.75 bits per heavy atom. The highest BCUT2D eigenvalue weighted by Crippen LogP contribution is 2.55. The monoisotopic (exact) mass is 385 g/mol. The maximum absolute atomic E-state index is 12.8. The van der Waals surface area contributed by atoms with Crippen molar-refractivity contribution >= 4 is 11.8 Å². The lowest BCUT2D eigenvalue weighted by molar-refractivity contribution is -0.139. The number of hydrogen-bond donors (Lipinski definition) is 1. The lowest BCUT2D eigenvalue weighted by Crippen LogP contribution is -2.42. The van der Waals surface area contributed by atoms with Crippen LogP contribution in [0.2, 0.25) is 0 Å². The van der Waals surface area contributed by atoms with Gasteiger partial charge in [0, 0.05) is 36.0 Å². The van der Waals surface area contributed by atoms with Crippen molar-refractivity contribution in [1.29, 1.82) is 0 Å². The summed E-state index contributed by atoms with van der Waals surface area (Å²) in [6.07, 6.45) is 2.22. The van der Waals surface area contributed by atoms with Crippen LogP contribution < -0.4 is 5.32 Å². The summed E-state index contributed by atoms with van der Waals surface area (Å²) in [5.74, 6) is 0.666. The lowest BCUT2D eigenvalue weighted by Gasteiger charge is -2.29. The third-order valence-electron chi connectivity index (χ3n) is 6.68. The van der Waals surface area contributed by atoms with E-state index in [1.807, 2.05) is 51.7 Å². The molecule has 0 aliphatic carbocycles. The van der Waals surface area contributed by atoms with Crippen LogP contribution in [0.25, 0.3) is 0 Å². The molecule has 4 atom stereocenters. The molecule has 6 heteroatoms. The Hall–Kier alpha value is -1.95. The molecule has 2 bridgehead atoms. The molecule has 0 unspecified atom stereocenters. The number of carbonyl (C=O) groups is 2. The van der Waals surface area contributed by atoms with Gasteiger partial charge < -0.3 is 15.0 Å². The largest absolute Gasteiger partial charge is 0.369 e. The summed E-state index contributed by atoms with van der Waals surface area (Å²) in [7, 11) is 0. The zero-order chi connectivity index (χ0) is 20.3. The molecule has 0 aromatic carbocycles. The molecule has 6 nitrogen and oxygen atoms in total.